The van der Waals surface area contributed by atoms with Crippen LogP contribution in [0.3, 0.4) is 0 Å². The van der Waals surface area contributed by atoms with Crippen LogP contribution in [0, 0.1) is 0 Å². The normalized spacial score (nSPS) is 16.2. The number of likely N-dealkylation sites (tertiary alicyclic amines) is 1. The number of methoxy groups -OCH3 is 1. The Labute approximate surface area is 164 Å². The number of H-pyrrole nitrogens is 1. The monoisotopic (exact) mass is 382 g/mol. The average Bonchev–Trinajstić information content (AvgIpc) is 3.38. The Morgan fingerprint density at radius 1 is 1.29 bits per heavy atom. The zero-order valence-corrected chi connectivity index (χ0v) is 16.3. The zero-order chi connectivity index (χ0) is 19.5. The van der Waals surface area contributed by atoms with E-state index in [4.69, 9.17) is 9.15 Å². The maximum Gasteiger partial charge on any atom is 0.287 e. The van der Waals surface area contributed by atoms with Gasteiger partial charge in [-0.2, -0.15) is 0 Å². The van der Waals surface area contributed by atoms with Crippen molar-refractivity contribution in [2.75, 3.05) is 20.2 Å². The molecule has 2 aromatic heterocycles. The van der Waals surface area contributed by atoms with Crippen molar-refractivity contribution >= 4 is 16.9 Å². The first-order valence-corrected chi connectivity index (χ1v) is 9.78. The van der Waals surface area contributed by atoms with Crippen LogP contribution < -0.4 is 10.1 Å². The summed E-state index contributed by atoms with van der Waals surface area (Å²) in [5.74, 6) is 2.37. The SMILES string of the molecule is COc1ccc2nc(CNC(=O)c3ccc(C(C)N4CCCCC4)o3)[nH]c2c1. The van der Waals surface area contributed by atoms with Crippen LogP contribution in [0.25, 0.3) is 11.0 Å². The quantitative estimate of drug-likeness (QED) is 0.680. The lowest BCUT2D eigenvalue weighted by atomic mass is 10.1. The van der Waals surface area contributed by atoms with Gasteiger partial charge in [-0.25, -0.2) is 4.98 Å². The number of piperidine rings is 1. The molecule has 3 heterocycles. The number of ether oxygens (including phenoxy) is 1. The molecule has 1 saturated heterocycles. The number of rotatable bonds is 6. The van der Waals surface area contributed by atoms with Crippen LogP contribution >= 0.6 is 0 Å². The summed E-state index contributed by atoms with van der Waals surface area (Å²) in [7, 11) is 1.63. The van der Waals surface area contributed by atoms with Gasteiger partial charge in [0, 0.05) is 6.07 Å². The van der Waals surface area contributed by atoms with Crippen molar-refractivity contribution in [1.29, 1.82) is 0 Å². The molecule has 28 heavy (non-hydrogen) atoms. The molecule has 3 aromatic rings. The van der Waals surface area contributed by atoms with E-state index in [0.29, 0.717) is 18.1 Å². The van der Waals surface area contributed by atoms with Gasteiger partial charge >= 0.3 is 0 Å². The number of hydrogen-bond donors (Lipinski definition) is 2. The molecule has 1 atom stereocenters. The van der Waals surface area contributed by atoms with Gasteiger partial charge in [-0.15, -0.1) is 0 Å². The van der Waals surface area contributed by atoms with Crippen LogP contribution in [0.5, 0.6) is 5.75 Å². The van der Waals surface area contributed by atoms with Crippen LogP contribution in [-0.2, 0) is 6.54 Å². The lowest BCUT2D eigenvalue weighted by Crippen LogP contribution is -2.32. The van der Waals surface area contributed by atoms with Gasteiger partial charge in [-0.1, -0.05) is 6.42 Å². The number of aromatic nitrogens is 2. The van der Waals surface area contributed by atoms with E-state index in [1.807, 2.05) is 24.3 Å². The van der Waals surface area contributed by atoms with Crippen LogP contribution in [0.4, 0.5) is 0 Å². The van der Waals surface area contributed by atoms with E-state index in [2.05, 4.69) is 27.1 Å². The smallest absolute Gasteiger partial charge is 0.287 e. The summed E-state index contributed by atoms with van der Waals surface area (Å²) in [4.78, 5) is 22.6. The number of benzene rings is 1. The molecule has 0 bridgehead atoms. The third-order valence-corrected chi connectivity index (χ3v) is 5.36. The van der Waals surface area contributed by atoms with Gasteiger partial charge in [-0.05, 0) is 57.1 Å². The highest BCUT2D eigenvalue weighted by molar-refractivity contribution is 5.91. The first-order chi connectivity index (χ1) is 13.6. The zero-order valence-electron chi connectivity index (χ0n) is 16.3. The van der Waals surface area contributed by atoms with E-state index in [1.165, 1.54) is 19.3 Å². The van der Waals surface area contributed by atoms with E-state index in [-0.39, 0.29) is 11.9 Å². The first-order valence-electron chi connectivity index (χ1n) is 9.78. The van der Waals surface area contributed by atoms with Crippen molar-refractivity contribution < 1.29 is 13.9 Å². The molecule has 1 amide bonds. The van der Waals surface area contributed by atoms with E-state index < -0.39 is 0 Å². The van der Waals surface area contributed by atoms with E-state index in [1.54, 1.807) is 13.2 Å². The molecular formula is C21H26N4O3. The molecule has 1 aromatic carbocycles. The number of amides is 1. The summed E-state index contributed by atoms with van der Waals surface area (Å²) in [6, 6.07) is 9.47. The Morgan fingerprint density at radius 3 is 2.89 bits per heavy atom. The summed E-state index contributed by atoms with van der Waals surface area (Å²) in [6.07, 6.45) is 3.74. The van der Waals surface area contributed by atoms with Crippen molar-refractivity contribution in [3.63, 3.8) is 0 Å². The van der Waals surface area contributed by atoms with Crippen molar-refractivity contribution in [2.24, 2.45) is 0 Å². The first kappa shape index (κ1) is 18.6. The molecule has 1 aliphatic heterocycles. The second kappa shape index (κ2) is 8.06. The Kier molecular flexibility index (Phi) is 5.34. The molecule has 4 rings (SSSR count). The fourth-order valence-electron chi connectivity index (χ4n) is 3.69. The van der Waals surface area contributed by atoms with Gasteiger partial charge < -0.3 is 19.5 Å². The van der Waals surface area contributed by atoms with Crippen LogP contribution in [0.15, 0.2) is 34.7 Å². The van der Waals surface area contributed by atoms with Gasteiger partial charge in [0.25, 0.3) is 5.91 Å². The molecule has 1 aliphatic rings. The Morgan fingerprint density at radius 2 is 2.11 bits per heavy atom. The molecule has 0 aliphatic carbocycles. The summed E-state index contributed by atoms with van der Waals surface area (Å²) in [5.41, 5.74) is 1.71. The minimum atomic E-state index is -0.241. The standard InChI is InChI=1S/C21H26N4O3/c1-14(25-10-4-3-5-11-25)18-8-9-19(28-18)21(26)22-13-20-23-16-7-6-15(27-2)12-17(16)24-20/h6-9,12,14H,3-5,10-11,13H2,1-2H3,(H,22,26)(H,23,24). The molecule has 7 heteroatoms. The van der Waals surface area contributed by atoms with Gasteiger partial charge in [0.05, 0.1) is 30.7 Å². The summed E-state index contributed by atoms with van der Waals surface area (Å²) in [5, 5.41) is 2.87. The number of fused-ring (bicyclic) bond motifs is 1. The highest BCUT2D eigenvalue weighted by atomic mass is 16.5. The minimum Gasteiger partial charge on any atom is -0.497 e. The van der Waals surface area contributed by atoms with Gasteiger partial charge in [0.1, 0.15) is 17.3 Å². The fraction of sp³-hybridized carbons (Fsp3) is 0.429. The minimum absolute atomic E-state index is 0.187. The topological polar surface area (TPSA) is 83.4 Å². The third-order valence-electron chi connectivity index (χ3n) is 5.36. The van der Waals surface area contributed by atoms with E-state index >= 15 is 0 Å². The van der Waals surface area contributed by atoms with E-state index in [9.17, 15) is 4.79 Å². The predicted octanol–water partition coefficient (Wildman–Crippen LogP) is 3.64. The lowest BCUT2D eigenvalue weighted by Gasteiger charge is -2.31. The highest BCUT2D eigenvalue weighted by Crippen LogP contribution is 2.25. The predicted molar refractivity (Wildman–Crippen MR) is 106 cm³/mol. The van der Waals surface area contributed by atoms with Crippen LogP contribution in [0.1, 0.15) is 54.4 Å². The summed E-state index contributed by atoms with van der Waals surface area (Å²) >= 11 is 0. The van der Waals surface area contributed by atoms with Gasteiger partial charge in [0.15, 0.2) is 5.76 Å². The Hall–Kier alpha value is -2.80. The maximum absolute atomic E-state index is 12.5. The molecule has 0 spiro atoms. The van der Waals surface area contributed by atoms with Crippen molar-refractivity contribution in [3.8, 4) is 5.75 Å². The summed E-state index contributed by atoms with van der Waals surface area (Å²) in [6.45, 7) is 4.60. The average molecular weight is 382 g/mol. The van der Waals surface area contributed by atoms with Gasteiger partial charge in [-0.3, -0.25) is 9.69 Å². The van der Waals surface area contributed by atoms with Crippen LogP contribution in [0.2, 0.25) is 0 Å². The second-order valence-electron chi connectivity index (χ2n) is 7.22. The Bertz CT molecular complexity index is 956. The van der Waals surface area contributed by atoms with Crippen molar-refractivity contribution in [2.45, 2.75) is 38.8 Å². The molecule has 2 N–H and O–H groups in total. The fourth-order valence-corrected chi connectivity index (χ4v) is 3.69. The number of nitrogens with zero attached hydrogens (tertiary/aromatic N) is 2. The number of hydrogen-bond acceptors (Lipinski definition) is 5. The third kappa shape index (κ3) is 3.89. The number of carbonyl (C=O) groups is 1. The number of nitrogens with one attached hydrogen (secondary N) is 2. The number of imidazole rings is 1. The number of furan rings is 1. The van der Waals surface area contributed by atoms with Gasteiger partial charge in [0.2, 0.25) is 0 Å². The molecule has 0 saturated carbocycles. The number of aromatic amines is 1. The van der Waals surface area contributed by atoms with E-state index in [0.717, 1.165) is 35.6 Å². The van der Waals surface area contributed by atoms with Crippen LogP contribution in [-0.4, -0.2) is 41.0 Å². The molecule has 148 valence electrons. The summed E-state index contributed by atoms with van der Waals surface area (Å²) < 4.78 is 11.1. The van der Waals surface area contributed by atoms with Crippen molar-refractivity contribution in [3.05, 3.63) is 47.7 Å². The number of carbonyl (C=O) groups excluding carboxylic acids is 1. The molecule has 1 fully saturated rings. The second-order valence-corrected chi connectivity index (χ2v) is 7.22. The van der Waals surface area contributed by atoms with Crippen molar-refractivity contribution in [1.82, 2.24) is 20.2 Å². The molecule has 7 nitrogen and oxygen atoms in total. The molecular weight excluding hydrogens is 356 g/mol. The lowest BCUT2D eigenvalue weighted by molar-refractivity contribution is 0.0913. The molecule has 0 radical (unpaired) electrons. The highest BCUT2D eigenvalue weighted by Gasteiger charge is 2.22. The largest absolute Gasteiger partial charge is 0.497 e. The maximum atomic E-state index is 12.5. The Balaban J connectivity index is 1.38. The molecule has 1 unspecified atom stereocenters.